The number of carbonyl (C=O) groups excluding carboxylic acids is 1. The van der Waals surface area contributed by atoms with E-state index in [1.165, 1.54) is 39.2 Å². The monoisotopic (exact) mass is 244 g/mol. The van der Waals surface area contributed by atoms with E-state index in [1.54, 1.807) is 0 Å². The number of alkyl halides is 2. The fourth-order valence-corrected chi connectivity index (χ4v) is 1.45. The molecule has 1 aromatic carbocycles. The number of benzene rings is 1. The summed E-state index contributed by atoms with van der Waals surface area (Å²) in [6.45, 7) is 2.89. The zero-order valence-corrected chi connectivity index (χ0v) is 9.92. The fraction of sp³-hybridized carbons (Fsp3) is 0.417. The van der Waals surface area contributed by atoms with Crippen LogP contribution < -0.4 is 4.74 Å². The molecule has 0 radical (unpaired) electrons. The molecule has 0 N–H and O–H groups in total. The Morgan fingerprint density at radius 3 is 2.53 bits per heavy atom. The molecule has 0 atom stereocenters. The Balaban J connectivity index is 3.10. The zero-order chi connectivity index (χ0) is 13.1. The number of halogens is 2. The molecule has 0 aliphatic heterocycles. The lowest BCUT2D eigenvalue weighted by Gasteiger charge is -2.17. The average Bonchev–Trinajstić information content (AvgIpc) is 2.28. The van der Waals surface area contributed by atoms with Crippen LogP contribution in [0.25, 0.3) is 0 Å². The Bertz CT molecular complexity index is 416. The van der Waals surface area contributed by atoms with E-state index in [4.69, 9.17) is 4.74 Å². The molecule has 17 heavy (non-hydrogen) atoms. The zero-order valence-electron chi connectivity index (χ0n) is 9.92. The van der Waals surface area contributed by atoms with E-state index >= 15 is 0 Å². The lowest BCUT2D eigenvalue weighted by Crippen LogP contribution is -2.29. The first-order chi connectivity index (χ1) is 7.93. The number of ether oxygens (including phenoxy) is 2. The molecular weight excluding hydrogens is 230 g/mol. The summed E-state index contributed by atoms with van der Waals surface area (Å²) in [4.78, 5) is 11.2. The minimum atomic E-state index is -3.63. The third-order valence-corrected chi connectivity index (χ3v) is 2.30. The van der Waals surface area contributed by atoms with Crippen molar-refractivity contribution >= 4 is 5.97 Å². The largest absolute Gasteiger partial charge is 0.497 e. The molecule has 0 heterocycles. The van der Waals surface area contributed by atoms with Crippen molar-refractivity contribution in [3.8, 4) is 5.75 Å². The molecule has 1 aromatic rings. The van der Waals surface area contributed by atoms with Crippen molar-refractivity contribution in [3.63, 3.8) is 0 Å². The summed E-state index contributed by atoms with van der Waals surface area (Å²) in [7, 11) is 1.44. The van der Waals surface area contributed by atoms with Gasteiger partial charge in [0.15, 0.2) is 0 Å². The van der Waals surface area contributed by atoms with E-state index in [0.717, 1.165) is 0 Å². The highest BCUT2D eigenvalue weighted by Crippen LogP contribution is 2.33. The summed E-state index contributed by atoms with van der Waals surface area (Å²) >= 11 is 0. The summed E-state index contributed by atoms with van der Waals surface area (Å²) in [5.41, 5.74) is -0.0841. The van der Waals surface area contributed by atoms with Crippen molar-refractivity contribution in [1.29, 1.82) is 0 Å². The van der Waals surface area contributed by atoms with E-state index in [0.29, 0.717) is 5.75 Å². The van der Waals surface area contributed by atoms with Gasteiger partial charge in [0, 0.05) is 5.56 Å². The van der Waals surface area contributed by atoms with Crippen LogP contribution in [-0.4, -0.2) is 19.7 Å². The molecule has 0 unspecified atom stereocenters. The van der Waals surface area contributed by atoms with Crippen molar-refractivity contribution in [3.05, 3.63) is 29.3 Å². The highest BCUT2D eigenvalue weighted by Gasteiger charge is 2.43. The van der Waals surface area contributed by atoms with Crippen molar-refractivity contribution in [2.75, 3.05) is 13.7 Å². The number of esters is 1. The van der Waals surface area contributed by atoms with Crippen LogP contribution in [0.15, 0.2) is 18.2 Å². The van der Waals surface area contributed by atoms with Crippen LogP contribution in [0.1, 0.15) is 18.1 Å². The van der Waals surface area contributed by atoms with Crippen LogP contribution in [0, 0.1) is 6.92 Å². The molecule has 0 amide bonds. The third kappa shape index (κ3) is 2.72. The number of aryl methyl sites for hydroxylation is 1. The average molecular weight is 244 g/mol. The Kier molecular flexibility index (Phi) is 4.04. The summed E-state index contributed by atoms with van der Waals surface area (Å²) in [6.07, 6.45) is 0. The third-order valence-electron chi connectivity index (χ3n) is 2.30. The fourth-order valence-electron chi connectivity index (χ4n) is 1.45. The second kappa shape index (κ2) is 5.12. The van der Waals surface area contributed by atoms with Crippen LogP contribution in [0.3, 0.4) is 0 Å². The molecule has 0 saturated carbocycles. The van der Waals surface area contributed by atoms with Gasteiger partial charge in [-0.05, 0) is 37.6 Å². The Morgan fingerprint density at radius 1 is 1.41 bits per heavy atom. The Morgan fingerprint density at radius 2 is 2.06 bits per heavy atom. The minimum Gasteiger partial charge on any atom is -0.497 e. The Labute approximate surface area is 98.3 Å². The molecule has 0 fully saturated rings. The minimum absolute atomic E-state index is 0.0797. The maximum absolute atomic E-state index is 13.7. The summed E-state index contributed by atoms with van der Waals surface area (Å²) in [5.74, 6) is -4.70. The van der Waals surface area contributed by atoms with Gasteiger partial charge >= 0.3 is 11.9 Å². The van der Waals surface area contributed by atoms with E-state index in [9.17, 15) is 13.6 Å². The number of hydrogen-bond acceptors (Lipinski definition) is 3. The van der Waals surface area contributed by atoms with Crippen LogP contribution in [0.5, 0.6) is 5.75 Å². The molecule has 0 aliphatic carbocycles. The highest BCUT2D eigenvalue weighted by atomic mass is 19.3. The van der Waals surface area contributed by atoms with Crippen molar-refractivity contribution in [2.24, 2.45) is 0 Å². The van der Waals surface area contributed by atoms with Gasteiger partial charge in [0.1, 0.15) is 5.75 Å². The number of hydrogen-bond donors (Lipinski definition) is 0. The quantitative estimate of drug-likeness (QED) is 0.764. The van der Waals surface area contributed by atoms with Gasteiger partial charge in [0.25, 0.3) is 0 Å². The molecule has 0 saturated heterocycles. The van der Waals surface area contributed by atoms with Gasteiger partial charge in [0.05, 0.1) is 13.7 Å². The lowest BCUT2D eigenvalue weighted by molar-refractivity contribution is -0.173. The maximum Gasteiger partial charge on any atom is 0.381 e. The highest BCUT2D eigenvalue weighted by molar-refractivity contribution is 5.80. The van der Waals surface area contributed by atoms with Gasteiger partial charge in [0.2, 0.25) is 0 Å². The summed E-state index contributed by atoms with van der Waals surface area (Å²) < 4.78 is 36.7. The maximum atomic E-state index is 13.7. The van der Waals surface area contributed by atoms with Gasteiger partial charge in [-0.15, -0.1) is 0 Å². The predicted molar refractivity (Wildman–Crippen MR) is 58.3 cm³/mol. The first-order valence-electron chi connectivity index (χ1n) is 5.13. The SMILES string of the molecule is CCOC(=O)C(F)(F)c1ccc(OC)cc1C. The molecule has 0 spiro atoms. The predicted octanol–water partition coefficient (Wildman–Crippen LogP) is 2.66. The number of rotatable bonds is 4. The molecule has 0 aliphatic rings. The van der Waals surface area contributed by atoms with Gasteiger partial charge in [-0.3, -0.25) is 0 Å². The van der Waals surface area contributed by atoms with Crippen LogP contribution in [0.4, 0.5) is 8.78 Å². The molecule has 0 aromatic heterocycles. The van der Waals surface area contributed by atoms with E-state index < -0.39 is 11.9 Å². The normalized spacial score (nSPS) is 11.1. The second-order valence-electron chi connectivity index (χ2n) is 3.48. The second-order valence-corrected chi connectivity index (χ2v) is 3.48. The topological polar surface area (TPSA) is 35.5 Å². The van der Waals surface area contributed by atoms with Gasteiger partial charge in [-0.2, -0.15) is 8.78 Å². The van der Waals surface area contributed by atoms with E-state index in [2.05, 4.69) is 4.74 Å². The number of methoxy groups -OCH3 is 1. The standard InChI is InChI=1S/C12H14F2O3/c1-4-17-11(15)12(13,14)10-6-5-9(16-3)7-8(10)2/h5-7H,4H2,1-3H3. The molecule has 1 rings (SSSR count). The van der Waals surface area contributed by atoms with E-state index in [-0.39, 0.29) is 17.7 Å². The first kappa shape index (κ1) is 13.4. The van der Waals surface area contributed by atoms with Gasteiger partial charge in [-0.25, -0.2) is 4.79 Å². The van der Waals surface area contributed by atoms with E-state index in [1.807, 2.05) is 0 Å². The smallest absolute Gasteiger partial charge is 0.381 e. The lowest BCUT2D eigenvalue weighted by atomic mass is 10.0. The van der Waals surface area contributed by atoms with Crippen LogP contribution in [-0.2, 0) is 15.5 Å². The molecule has 94 valence electrons. The Hall–Kier alpha value is -1.65. The first-order valence-corrected chi connectivity index (χ1v) is 5.13. The molecule has 0 bridgehead atoms. The van der Waals surface area contributed by atoms with Crippen LogP contribution >= 0.6 is 0 Å². The summed E-state index contributed by atoms with van der Waals surface area (Å²) in [6, 6.07) is 4.00. The van der Waals surface area contributed by atoms with Crippen LogP contribution in [0.2, 0.25) is 0 Å². The van der Waals surface area contributed by atoms with Crippen molar-refractivity contribution in [1.82, 2.24) is 0 Å². The molecule has 3 nitrogen and oxygen atoms in total. The number of carbonyl (C=O) groups is 1. The molecule has 5 heteroatoms. The van der Waals surface area contributed by atoms with Crippen molar-refractivity contribution in [2.45, 2.75) is 19.8 Å². The van der Waals surface area contributed by atoms with Gasteiger partial charge in [-0.1, -0.05) is 0 Å². The van der Waals surface area contributed by atoms with Crippen molar-refractivity contribution < 1.29 is 23.0 Å². The van der Waals surface area contributed by atoms with Gasteiger partial charge < -0.3 is 9.47 Å². The summed E-state index contributed by atoms with van der Waals surface area (Å²) in [5, 5.41) is 0. The molecular formula is C12H14F2O3.